The summed E-state index contributed by atoms with van der Waals surface area (Å²) in [5.74, 6) is 0.593. The van der Waals surface area contributed by atoms with E-state index < -0.39 is 5.54 Å². The number of para-hydroxylation sites is 2. The van der Waals surface area contributed by atoms with Crippen LogP contribution in [0.2, 0.25) is 0 Å². The van der Waals surface area contributed by atoms with Crippen LogP contribution in [-0.2, 0) is 11.2 Å². The molecule has 5 heteroatoms. The molecule has 1 aliphatic carbocycles. The first-order valence-electron chi connectivity index (χ1n) is 9.03. The SMILES string of the molecule is Cl.NC1(C(=O)Nc2ccccc2OCCCc2ccccc2)CCCC1. The Kier molecular flexibility index (Phi) is 7.49. The molecule has 0 spiro atoms. The number of carbonyl (C=O) groups excluding carboxylic acids is 1. The van der Waals surface area contributed by atoms with E-state index in [0.29, 0.717) is 18.0 Å². The lowest BCUT2D eigenvalue weighted by Gasteiger charge is -2.23. The predicted octanol–water partition coefficient (Wildman–Crippen LogP) is 4.33. The van der Waals surface area contributed by atoms with Gasteiger partial charge in [-0.25, -0.2) is 0 Å². The summed E-state index contributed by atoms with van der Waals surface area (Å²) in [6.45, 7) is 0.607. The number of aryl methyl sites for hydroxylation is 1. The van der Waals surface area contributed by atoms with E-state index in [1.165, 1.54) is 5.56 Å². The number of rotatable bonds is 7. The summed E-state index contributed by atoms with van der Waals surface area (Å²) in [5, 5.41) is 2.96. The highest BCUT2D eigenvalue weighted by molar-refractivity contribution is 5.99. The zero-order chi connectivity index (χ0) is 17.5. The number of nitrogens with two attached hydrogens (primary N) is 1. The lowest BCUT2D eigenvalue weighted by Crippen LogP contribution is -2.48. The van der Waals surface area contributed by atoms with Gasteiger partial charge in [-0.15, -0.1) is 12.4 Å². The average Bonchev–Trinajstić information content (AvgIpc) is 3.09. The van der Waals surface area contributed by atoms with Crippen LogP contribution in [0.5, 0.6) is 5.75 Å². The third-order valence-electron chi connectivity index (χ3n) is 4.79. The number of hydrogen-bond donors (Lipinski definition) is 2. The molecule has 0 unspecified atom stereocenters. The topological polar surface area (TPSA) is 64.4 Å². The van der Waals surface area contributed by atoms with Gasteiger partial charge in [-0.2, -0.15) is 0 Å². The Balaban J connectivity index is 0.00000243. The van der Waals surface area contributed by atoms with Gasteiger partial charge in [-0.1, -0.05) is 55.3 Å². The maximum atomic E-state index is 12.5. The summed E-state index contributed by atoms with van der Waals surface area (Å²) in [6, 6.07) is 17.9. The van der Waals surface area contributed by atoms with Crippen molar-refractivity contribution >= 4 is 24.0 Å². The molecule has 0 bridgehead atoms. The fourth-order valence-corrected chi connectivity index (χ4v) is 3.28. The molecular formula is C21H27ClN2O2. The summed E-state index contributed by atoms with van der Waals surface area (Å²) in [7, 11) is 0. The summed E-state index contributed by atoms with van der Waals surface area (Å²) in [5.41, 5.74) is 7.50. The average molecular weight is 375 g/mol. The number of ether oxygens (including phenoxy) is 1. The van der Waals surface area contributed by atoms with Crippen molar-refractivity contribution < 1.29 is 9.53 Å². The Morgan fingerprint density at radius 3 is 2.42 bits per heavy atom. The van der Waals surface area contributed by atoms with E-state index in [1.807, 2.05) is 42.5 Å². The number of anilines is 1. The second-order valence-electron chi connectivity index (χ2n) is 6.75. The lowest BCUT2D eigenvalue weighted by molar-refractivity contribution is -0.121. The molecule has 2 aromatic carbocycles. The van der Waals surface area contributed by atoms with Crippen LogP contribution in [0.1, 0.15) is 37.7 Å². The fraction of sp³-hybridized carbons (Fsp3) is 0.381. The number of carbonyl (C=O) groups is 1. The number of nitrogens with one attached hydrogen (secondary N) is 1. The Morgan fingerprint density at radius 1 is 1.04 bits per heavy atom. The first-order chi connectivity index (χ1) is 12.2. The van der Waals surface area contributed by atoms with Crippen LogP contribution in [-0.4, -0.2) is 18.1 Å². The number of amides is 1. The van der Waals surface area contributed by atoms with Crippen molar-refractivity contribution in [2.45, 2.75) is 44.1 Å². The number of benzene rings is 2. The van der Waals surface area contributed by atoms with Crippen molar-refractivity contribution in [1.82, 2.24) is 0 Å². The van der Waals surface area contributed by atoms with Crippen molar-refractivity contribution in [1.29, 1.82) is 0 Å². The van der Waals surface area contributed by atoms with E-state index in [9.17, 15) is 4.79 Å². The molecular weight excluding hydrogens is 348 g/mol. The molecule has 0 atom stereocenters. The third-order valence-corrected chi connectivity index (χ3v) is 4.79. The molecule has 3 N–H and O–H groups in total. The van der Waals surface area contributed by atoms with Gasteiger partial charge >= 0.3 is 0 Å². The molecule has 0 saturated heterocycles. The van der Waals surface area contributed by atoms with Gasteiger partial charge in [0.1, 0.15) is 5.75 Å². The normalized spacial score (nSPS) is 15.1. The summed E-state index contributed by atoms with van der Waals surface area (Å²) >= 11 is 0. The molecule has 1 amide bonds. The van der Waals surface area contributed by atoms with Crippen molar-refractivity contribution in [3.63, 3.8) is 0 Å². The van der Waals surface area contributed by atoms with Gasteiger partial charge < -0.3 is 15.8 Å². The molecule has 3 rings (SSSR count). The molecule has 2 aromatic rings. The first kappa shape index (κ1) is 20.3. The Labute approximate surface area is 161 Å². The van der Waals surface area contributed by atoms with Crippen LogP contribution in [0.3, 0.4) is 0 Å². The van der Waals surface area contributed by atoms with E-state index in [2.05, 4.69) is 17.4 Å². The smallest absolute Gasteiger partial charge is 0.244 e. The van der Waals surface area contributed by atoms with Crippen molar-refractivity contribution in [2.24, 2.45) is 5.73 Å². The van der Waals surface area contributed by atoms with E-state index >= 15 is 0 Å². The minimum absolute atomic E-state index is 0. The van der Waals surface area contributed by atoms with Crippen LogP contribution in [0.25, 0.3) is 0 Å². The molecule has 0 aliphatic heterocycles. The molecule has 4 nitrogen and oxygen atoms in total. The highest BCUT2D eigenvalue weighted by Crippen LogP contribution is 2.30. The fourth-order valence-electron chi connectivity index (χ4n) is 3.28. The maximum Gasteiger partial charge on any atom is 0.244 e. The molecule has 1 aliphatic rings. The highest BCUT2D eigenvalue weighted by Gasteiger charge is 2.37. The standard InChI is InChI=1S/C21H26N2O2.ClH/c22-21(14-6-7-15-21)20(24)23-18-12-4-5-13-19(18)25-16-8-11-17-9-2-1-3-10-17;/h1-5,9-10,12-13H,6-8,11,14-16,22H2,(H,23,24);1H. The maximum absolute atomic E-state index is 12.5. The summed E-state index contributed by atoms with van der Waals surface area (Å²) in [6.07, 6.45) is 5.43. The van der Waals surface area contributed by atoms with Crippen LogP contribution >= 0.6 is 12.4 Å². The predicted molar refractivity (Wildman–Crippen MR) is 108 cm³/mol. The van der Waals surface area contributed by atoms with E-state index in [0.717, 1.165) is 38.5 Å². The van der Waals surface area contributed by atoms with Gasteiger partial charge in [0.15, 0.2) is 0 Å². The van der Waals surface area contributed by atoms with Crippen LogP contribution in [0.4, 0.5) is 5.69 Å². The Morgan fingerprint density at radius 2 is 1.69 bits per heavy atom. The molecule has 1 fully saturated rings. The largest absolute Gasteiger partial charge is 0.491 e. The van der Waals surface area contributed by atoms with E-state index in [4.69, 9.17) is 10.5 Å². The lowest BCUT2D eigenvalue weighted by atomic mass is 9.98. The first-order valence-corrected chi connectivity index (χ1v) is 9.03. The van der Waals surface area contributed by atoms with E-state index in [1.54, 1.807) is 0 Å². The zero-order valence-electron chi connectivity index (χ0n) is 14.9. The molecule has 140 valence electrons. The summed E-state index contributed by atoms with van der Waals surface area (Å²) in [4.78, 5) is 12.5. The van der Waals surface area contributed by atoms with Crippen molar-refractivity contribution in [3.05, 3.63) is 60.2 Å². The minimum atomic E-state index is -0.736. The van der Waals surface area contributed by atoms with Gasteiger partial charge in [-0.05, 0) is 43.4 Å². The van der Waals surface area contributed by atoms with Crippen molar-refractivity contribution in [2.75, 3.05) is 11.9 Å². The van der Waals surface area contributed by atoms with Gasteiger partial charge in [0.2, 0.25) is 5.91 Å². The molecule has 26 heavy (non-hydrogen) atoms. The quantitative estimate of drug-likeness (QED) is 0.709. The number of hydrogen-bond acceptors (Lipinski definition) is 3. The Bertz CT molecular complexity index is 700. The van der Waals surface area contributed by atoms with Gasteiger partial charge in [0.25, 0.3) is 0 Å². The zero-order valence-corrected chi connectivity index (χ0v) is 15.8. The van der Waals surface area contributed by atoms with Gasteiger partial charge in [0.05, 0.1) is 17.8 Å². The molecule has 0 radical (unpaired) electrons. The third kappa shape index (κ3) is 5.23. The van der Waals surface area contributed by atoms with Crippen LogP contribution < -0.4 is 15.8 Å². The molecule has 0 aromatic heterocycles. The van der Waals surface area contributed by atoms with Gasteiger partial charge in [0, 0.05) is 0 Å². The minimum Gasteiger partial charge on any atom is -0.491 e. The second-order valence-corrected chi connectivity index (χ2v) is 6.75. The van der Waals surface area contributed by atoms with Crippen LogP contribution in [0.15, 0.2) is 54.6 Å². The molecule has 0 heterocycles. The molecule has 1 saturated carbocycles. The van der Waals surface area contributed by atoms with Crippen LogP contribution in [0, 0.1) is 0 Å². The highest BCUT2D eigenvalue weighted by atomic mass is 35.5. The monoisotopic (exact) mass is 374 g/mol. The van der Waals surface area contributed by atoms with E-state index in [-0.39, 0.29) is 18.3 Å². The second kappa shape index (κ2) is 9.60. The van der Waals surface area contributed by atoms with Gasteiger partial charge in [-0.3, -0.25) is 4.79 Å². The number of halogens is 1. The van der Waals surface area contributed by atoms with Crippen molar-refractivity contribution in [3.8, 4) is 5.75 Å². The summed E-state index contributed by atoms with van der Waals surface area (Å²) < 4.78 is 5.90. The Hall–Kier alpha value is -2.04.